The average molecular weight is 377 g/mol. The molecule has 4 aromatic rings. The molecule has 6 nitrogen and oxygen atoms in total. The van der Waals surface area contributed by atoms with Crippen LogP contribution in [-0.4, -0.2) is 31.2 Å². The van der Waals surface area contributed by atoms with E-state index in [0.717, 1.165) is 46.9 Å². The minimum atomic E-state index is -0.0287. The van der Waals surface area contributed by atoms with Gasteiger partial charge in [0.25, 0.3) is 5.56 Å². The van der Waals surface area contributed by atoms with Crippen LogP contribution in [0.1, 0.15) is 17.0 Å². The molecule has 5 rings (SSSR count). The van der Waals surface area contributed by atoms with Crippen molar-refractivity contribution in [3.05, 3.63) is 69.1 Å². The summed E-state index contributed by atoms with van der Waals surface area (Å²) < 4.78 is 1.92. The molecule has 136 valence electrons. The lowest BCUT2D eigenvalue weighted by atomic mass is 10.1. The van der Waals surface area contributed by atoms with Crippen LogP contribution in [0.4, 0.5) is 0 Å². The Morgan fingerprint density at radius 3 is 2.96 bits per heavy atom. The molecule has 0 radical (unpaired) electrons. The van der Waals surface area contributed by atoms with Gasteiger partial charge in [0.15, 0.2) is 5.82 Å². The Labute approximate surface area is 160 Å². The van der Waals surface area contributed by atoms with Crippen LogP contribution in [0.25, 0.3) is 21.6 Å². The monoisotopic (exact) mass is 377 g/mol. The van der Waals surface area contributed by atoms with E-state index in [-0.39, 0.29) is 5.56 Å². The van der Waals surface area contributed by atoms with Gasteiger partial charge < -0.3 is 4.98 Å². The van der Waals surface area contributed by atoms with Crippen LogP contribution in [0.15, 0.2) is 46.6 Å². The maximum Gasteiger partial charge on any atom is 0.255 e. The Kier molecular flexibility index (Phi) is 3.91. The van der Waals surface area contributed by atoms with Gasteiger partial charge in [-0.15, -0.1) is 11.3 Å². The normalized spacial score (nSPS) is 14.6. The summed E-state index contributed by atoms with van der Waals surface area (Å²) in [5.74, 6) is 0.679. The highest BCUT2D eigenvalue weighted by molar-refractivity contribution is 7.13. The second-order valence-electron chi connectivity index (χ2n) is 6.87. The SMILES string of the molecule is Cn1nc(CN2CCc3nc(-c4cccs4)[nH]c(=O)c3C2)c2ccccc21. The third kappa shape index (κ3) is 2.89. The zero-order valence-corrected chi connectivity index (χ0v) is 15.8. The summed E-state index contributed by atoms with van der Waals surface area (Å²) in [5, 5.41) is 7.85. The molecule has 0 fully saturated rings. The molecule has 0 saturated heterocycles. The second kappa shape index (κ2) is 6.44. The van der Waals surface area contributed by atoms with Crippen LogP contribution in [0.2, 0.25) is 0 Å². The van der Waals surface area contributed by atoms with Crippen molar-refractivity contribution in [2.24, 2.45) is 7.05 Å². The van der Waals surface area contributed by atoms with Crippen molar-refractivity contribution in [2.45, 2.75) is 19.5 Å². The lowest BCUT2D eigenvalue weighted by Gasteiger charge is -2.27. The van der Waals surface area contributed by atoms with Gasteiger partial charge in [0.1, 0.15) is 0 Å². The molecule has 7 heteroatoms. The summed E-state index contributed by atoms with van der Waals surface area (Å²) in [6.07, 6.45) is 0.780. The third-order valence-corrected chi connectivity index (χ3v) is 5.99. The molecule has 0 amide bonds. The van der Waals surface area contributed by atoms with E-state index in [1.54, 1.807) is 11.3 Å². The fourth-order valence-corrected chi connectivity index (χ4v) is 4.43. The van der Waals surface area contributed by atoms with E-state index >= 15 is 0 Å². The number of rotatable bonds is 3. The molecule has 3 aromatic heterocycles. The third-order valence-electron chi connectivity index (χ3n) is 5.11. The number of thiophene rings is 1. The van der Waals surface area contributed by atoms with Crippen molar-refractivity contribution in [3.8, 4) is 10.7 Å². The zero-order valence-electron chi connectivity index (χ0n) is 15.0. The molecular weight excluding hydrogens is 358 g/mol. The Morgan fingerprint density at radius 1 is 1.22 bits per heavy atom. The number of aromatic nitrogens is 4. The standard InChI is InChI=1S/C20H19N5OS/c1-24-17-6-3-2-5-13(17)16(23-24)12-25-9-8-15-14(11-25)20(26)22-19(21-15)18-7-4-10-27-18/h2-7,10H,8-9,11-12H2,1H3,(H,21,22,26). The quantitative estimate of drug-likeness (QED) is 0.596. The molecule has 0 aliphatic carbocycles. The molecule has 0 spiro atoms. The van der Waals surface area contributed by atoms with E-state index in [1.165, 1.54) is 5.39 Å². The van der Waals surface area contributed by atoms with Gasteiger partial charge in [-0.1, -0.05) is 24.3 Å². The predicted molar refractivity (Wildman–Crippen MR) is 107 cm³/mol. The number of fused-ring (bicyclic) bond motifs is 2. The number of hydrogen-bond donors (Lipinski definition) is 1. The molecular formula is C20H19N5OS. The van der Waals surface area contributed by atoms with E-state index in [0.29, 0.717) is 12.4 Å². The molecule has 27 heavy (non-hydrogen) atoms. The first-order valence-electron chi connectivity index (χ1n) is 8.98. The van der Waals surface area contributed by atoms with Crippen LogP contribution in [0, 0.1) is 0 Å². The molecule has 4 heterocycles. The molecule has 1 aliphatic heterocycles. The number of nitrogens with one attached hydrogen (secondary N) is 1. The van der Waals surface area contributed by atoms with Crippen molar-refractivity contribution < 1.29 is 0 Å². The van der Waals surface area contributed by atoms with Gasteiger partial charge in [-0.2, -0.15) is 5.10 Å². The molecule has 1 aliphatic rings. The van der Waals surface area contributed by atoms with Crippen LogP contribution >= 0.6 is 11.3 Å². The predicted octanol–water partition coefficient (Wildman–Crippen LogP) is 2.94. The smallest absolute Gasteiger partial charge is 0.255 e. The van der Waals surface area contributed by atoms with Crippen LogP contribution < -0.4 is 5.56 Å². The van der Waals surface area contributed by atoms with Gasteiger partial charge in [-0.3, -0.25) is 14.4 Å². The summed E-state index contributed by atoms with van der Waals surface area (Å²) in [4.78, 5) is 23.6. The van der Waals surface area contributed by atoms with Gasteiger partial charge in [-0.05, 0) is 17.5 Å². The largest absolute Gasteiger partial charge is 0.306 e. The zero-order chi connectivity index (χ0) is 18.4. The van der Waals surface area contributed by atoms with E-state index in [4.69, 9.17) is 4.98 Å². The number of aromatic amines is 1. The van der Waals surface area contributed by atoms with Crippen LogP contribution in [0.5, 0.6) is 0 Å². The van der Waals surface area contributed by atoms with Crippen LogP contribution in [-0.2, 0) is 26.6 Å². The fraction of sp³-hybridized carbons (Fsp3) is 0.250. The minimum Gasteiger partial charge on any atom is -0.306 e. The van der Waals surface area contributed by atoms with E-state index in [1.807, 2.05) is 41.4 Å². The van der Waals surface area contributed by atoms with Crippen molar-refractivity contribution in [1.82, 2.24) is 24.6 Å². The van der Waals surface area contributed by atoms with Gasteiger partial charge in [0.05, 0.1) is 27.3 Å². The van der Waals surface area contributed by atoms with Crippen molar-refractivity contribution in [2.75, 3.05) is 6.54 Å². The van der Waals surface area contributed by atoms with Crippen molar-refractivity contribution in [3.63, 3.8) is 0 Å². The molecule has 0 unspecified atom stereocenters. The average Bonchev–Trinajstić information content (AvgIpc) is 3.32. The summed E-state index contributed by atoms with van der Waals surface area (Å²) in [6, 6.07) is 12.2. The Morgan fingerprint density at radius 2 is 2.11 bits per heavy atom. The summed E-state index contributed by atoms with van der Waals surface area (Å²) in [6.45, 7) is 2.21. The Hall–Kier alpha value is -2.77. The minimum absolute atomic E-state index is 0.0287. The van der Waals surface area contributed by atoms with E-state index < -0.39 is 0 Å². The summed E-state index contributed by atoms with van der Waals surface area (Å²) >= 11 is 1.59. The van der Waals surface area contributed by atoms with E-state index in [9.17, 15) is 4.79 Å². The Bertz CT molecular complexity index is 1180. The topological polar surface area (TPSA) is 66.8 Å². The highest BCUT2D eigenvalue weighted by Gasteiger charge is 2.23. The molecule has 0 bridgehead atoms. The first-order chi connectivity index (χ1) is 13.2. The van der Waals surface area contributed by atoms with Crippen molar-refractivity contribution in [1.29, 1.82) is 0 Å². The van der Waals surface area contributed by atoms with Crippen molar-refractivity contribution >= 4 is 22.2 Å². The number of benzene rings is 1. The molecule has 1 N–H and O–H groups in total. The number of nitrogens with zero attached hydrogens (tertiary/aromatic N) is 4. The highest BCUT2D eigenvalue weighted by Crippen LogP contribution is 2.24. The molecule has 0 atom stereocenters. The lowest BCUT2D eigenvalue weighted by Crippen LogP contribution is -2.35. The van der Waals surface area contributed by atoms with Gasteiger partial charge >= 0.3 is 0 Å². The second-order valence-corrected chi connectivity index (χ2v) is 7.81. The number of H-pyrrole nitrogens is 1. The molecule has 0 saturated carbocycles. The van der Waals surface area contributed by atoms with Gasteiger partial charge in [0, 0.05) is 38.5 Å². The van der Waals surface area contributed by atoms with Crippen LogP contribution in [0.3, 0.4) is 0 Å². The number of aryl methyl sites for hydroxylation is 1. The van der Waals surface area contributed by atoms with Gasteiger partial charge in [0.2, 0.25) is 0 Å². The fourth-order valence-electron chi connectivity index (χ4n) is 3.76. The first-order valence-corrected chi connectivity index (χ1v) is 9.86. The Balaban J connectivity index is 1.43. The summed E-state index contributed by atoms with van der Waals surface area (Å²) in [7, 11) is 1.97. The van der Waals surface area contributed by atoms with E-state index in [2.05, 4.69) is 27.1 Å². The number of hydrogen-bond acceptors (Lipinski definition) is 5. The lowest BCUT2D eigenvalue weighted by molar-refractivity contribution is 0.239. The first kappa shape index (κ1) is 16.4. The van der Waals surface area contributed by atoms with Gasteiger partial charge in [-0.25, -0.2) is 4.98 Å². The maximum absolute atomic E-state index is 12.7. The maximum atomic E-state index is 12.7. The highest BCUT2D eigenvalue weighted by atomic mass is 32.1. The summed E-state index contributed by atoms with van der Waals surface area (Å²) in [5.41, 5.74) is 3.85. The number of para-hydroxylation sites is 1. The molecule has 1 aromatic carbocycles.